The van der Waals surface area contributed by atoms with Gasteiger partial charge in [0.15, 0.2) is 0 Å². The van der Waals surface area contributed by atoms with E-state index in [1.807, 2.05) is 0 Å². The van der Waals surface area contributed by atoms with Crippen LogP contribution in [0, 0.1) is 5.41 Å². The van der Waals surface area contributed by atoms with Crippen LogP contribution >= 0.6 is 0 Å². The van der Waals surface area contributed by atoms with Gasteiger partial charge in [0.1, 0.15) is 0 Å². The van der Waals surface area contributed by atoms with Crippen LogP contribution in [0.25, 0.3) is 0 Å². The van der Waals surface area contributed by atoms with Crippen LogP contribution in [-0.2, 0) is 4.74 Å². The molecule has 0 aromatic rings. The van der Waals surface area contributed by atoms with Gasteiger partial charge in [-0.15, -0.1) is 0 Å². The van der Waals surface area contributed by atoms with Crippen molar-refractivity contribution in [3.8, 4) is 0 Å². The molecule has 2 fully saturated rings. The zero-order valence-electron chi connectivity index (χ0n) is 9.35. The summed E-state index contributed by atoms with van der Waals surface area (Å²) in [5, 5.41) is 3.72. The highest BCUT2D eigenvalue weighted by Crippen LogP contribution is 2.39. The standard InChI is InChI=1S/C12H23NO/c1-12(6-3-7-12)10-13-11-4-2-8-14-9-5-11/h11,13H,2-10H2,1H3. The highest BCUT2D eigenvalue weighted by molar-refractivity contribution is 4.86. The molecule has 2 heteroatoms. The summed E-state index contributed by atoms with van der Waals surface area (Å²) >= 11 is 0. The monoisotopic (exact) mass is 197 g/mol. The summed E-state index contributed by atoms with van der Waals surface area (Å²) in [5.74, 6) is 0. The van der Waals surface area contributed by atoms with E-state index in [0.717, 1.165) is 19.3 Å². The van der Waals surface area contributed by atoms with Gasteiger partial charge in [0, 0.05) is 25.8 Å². The number of ether oxygens (including phenoxy) is 1. The largest absolute Gasteiger partial charge is 0.381 e. The maximum Gasteiger partial charge on any atom is 0.0480 e. The Balaban J connectivity index is 1.68. The number of rotatable bonds is 3. The summed E-state index contributed by atoms with van der Waals surface area (Å²) in [6.07, 6.45) is 8.01. The predicted octanol–water partition coefficient (Wildman–Crippen LogP) is 2.34. The first-order valence-electron chi connectivity index (χ1n) is 6.10. The topological polar surface area (TPSA) is 21.3 Å². The molecule has 1 heterocycles. The maximum absolute atomic E-state index is 5.46. The summed E-state index contributed by atoms with van der Waals surface area (Å²) in [5.41, 5.74) is 0.618. The third kappa shape index (κ3) is 2.71. The third-order valence-electron chi connectivity index (χ3n) is 3.83. The van der Waals surface area contributed by atoms with Crippen LogP contribution in [0.3, 0.4) is 0 Å². The van der Waals surface area contributed by atoms with Crippen molar-refractivity contribution in [2.75, 3.05) is 19.8 Å². The van der Waals surface area contributed by atoms with E-state index in [2.05, 4.69) is 12.2 Å². The van der Waals surface area contributed by atoms with E-state index in [1.165, 1.54) is 45.1 Å². The Morgan fingerprint density at radius 1 is 1.21 bits per heavy atom. The SMILES string of the molecule is CC1(CNC2CCCOCC2)CCC1. The molecule has 0 bridgehead atoms. The van der Waals surface area contributed by atoms with Crippen molar-refractivity contribution >= 4 is 0 Å². The van der Waals surface area contributed by atoms with Crippen molar-refractivity contribution < 1.29 is 4.74 Å². The third-order valence-corrected chi connectivity index (χ3v) is 3.83. The fourth-order valence-electron chi connectivity index (χ4n) is 2.46. The molecule has 82 valence electrons. The normalized spacial score (nSPS) is 31.9. The lowest BCUT2D eigenvalue weighted by molar-refractivity contribution is 0.135. The number of hydrogen-bond acceptors (Lipinski definition) is 2. The van der Waals surface area contributed by atoms with E-state index in [1.54, 1.807) is 0 Å². The molecule has 1 aliphatic carbocycles. The van der Waals surface area contributed by atoms with Crippen molar-refractivity contribution in [3.63, 3.8) is 0 Å². The Morgan fingerprint density at radius 3 is 2.79 bits per heavy atom. The first-order chi connectivity index (χ1) is 6.79. The minimum Gasteiger partial charge on any atom is -0.381 e. The zero-order valence-corrected chi connectivity index (χ0v) is 9.35. The Hall–Kier alpha value is -0.0800. The zero-order chi connectivity index (χ0) is 9.86. The van der Waals surface area contributed by atoms with Crippen molar-refractivity contribution in [3.05, 3.63) is 0 Å². The molecule has 0 radical (unpaired) electrons. The van der Waals surface area contributed by atoms with Crippen LogP contribution < -0.4 is 5.32 Å². The second kappa shape index (κ2) is 4.63. The molecule has 0 aromatic heterocycles. The first-order valence-corrected chi connectivity index (χ1v) is 6.10. The Kier molecular flexibility index (Phi) is 3.45. The Labute approximate surface area is 87.4 Å². The summed E-state index contributed by atoms with van der Waals surface area (Å²) < 4.78 is 5.46. The highest BCUT2D eigenvalue weighted by atomic mass is 16.5. The van der Waals surface area contributed by atoms with Gasteiger partial charge in [-0.05, 0) is 37.5 Å². The minimum absolute atomic E-state index is 0.618. The summed E-state index contributed by atoms with van der Waals surface area (Å²) in [6.45, 7) is 5.55. The van der Waals surface area contributed by atoms with Crippen LogP contribution in [-0.4, -0.2) is 25.8 Å². The molecule has 2 rings (SSSR count). The molecule has 0 spiro atoms. The van der Waals surface area contributed by atoms with Gasteiger partial charge in [0.2, 0.25) is 0 Å². The van der Waals surface area contributed by atoms with Crippen LogP contribution in [0.15, 0.2) is 0 Å². The van der Waals surface area contributed by atoms with Gasteiger partial charge in [-0.2, -0.15) is 0 Å². The van der Waals surface area contributed by atoms with Crippen LogP contribution in [0.1, 0.15) is 45.4 Å². The lowest BCUT2D eigenvalue weighted by Crippen LogP contribution is -2.42. The summed E-state index contributed by atoms with van der Waals surface area (Å²) in [6, 6.07) is 0.718. The lowest BCUT2D eigenvalue weighted by atomic mass is 9.70. The van der Waals surface area contributed by atoms with E-state index in [0.29, 0.717) is 5.41 Å². The average Bonchev–Trinajstić information content (AvgIpc) is 2.40. The van der Waals surface area contributed by atoms with E-state index in [9.17, 15) is 0 Å². The molecule has 14 heavy (non-hydrogen) atoms. The molecular formula is C12H23NO. The molecule has 1 saturated heterocycles. The van der Waals surface area contributed by atoms with Crippen molar-refractivity contribution in [2.45, 2.75) is 51.5 Å². The quantitative estimate of drug-likeness (QED) is 0.750. The molecular weight excluding hydrogens is 174 g/mol. The smallest absolute Gasteiger partial charge is 0.0480 e. The predicted molar refractivity (Wildman–Crippen MR) is 58.4 cm³/mol. The summed E-state index contributed by atoms with van der Waals surface area (Å²) in [7, 11) is 0. The molecule has 2 nitrogen and oxygen atoms in total. The number of hydrogen-bond donors (Lipinski definition) is 1. The van der Waals surface area contributed by atoms with E-state index >= 15 is 0 Å². The molecule has 0 aromatic carbocycles. The second-order valence-corrected chi connectivity index (χ2v) is 5.29. The minimum atomic E-state index is 0.618. The molecule has 1 aliphatic heterocycles. The van der Waals surface area contributed by atoms with Gasteiger partial charge >= 0.3 is 0 Å². The van der Waals surface area contributed by atoms with E-state index in [4.69, 9.17) is 4.74 Å². The van der Waals surface area contributed by atoms with E-state index in [-0.39, 0.29) is 0 Å². The Morgan fingerprint density at radius 2 is 2.07 bits per heavy atom. The maximum atomic E-state index is 5.46. The van der Waals surface area contributed by atoms with Gasteiger partial charge < -0.3 is 10.1 Å². The molecule has 1 N–H and O–H groups in total. The fraction of sp³-hybridized carbons (Fsp3) is 1.00. The molecule has 2 aliphatic rings. The van der Waals surface area contributed by atoms with E-state index < -0.39 is 0 Å². The van der Waals surface area contributed by atoms with Gasteiger partial charge in [-0.1, -0.05) is 13.3 Å². The molecule has 0 amide bonds. The van der Waals surface area contributed by atoms with Crippen LogP contribution in [0.5, 0.6) is 0 Å². The van der Waals surface area contributed by atoms with Gasteiger partial charge in [-0.3, -0.25) is 0 Å². The lowest BCUT2D eigenvalue weighted by Gasteiger charge is -2.39. The van der Waals surface area contributed by atoms with Crippen molar-refractivity contribution in [1.82, 2.24) is 5.32 Å². The van der Waals surface area contributed by atoms with Crippen molar-refractivity contribution in [1.29, 1.82) is 0 Å². The highest BCUT2D eigenvalue weighted by Gasteiger charge is 2.31. The van der Waals surface area contributed by atoms with Gasteiger partial charge in [0.05, 0.1) is 0 Å². The van der Waals surface area contributed by atoms with Crippen LogP contribution in [0.4, 0.5) is 0 Å². The number of nitrogens with one attached hydrogen (secondary N) is 1. The Bertz CT molecular complexity index is 169. The fourth-order valence-corrected chi connectivity index (χ4v) is 2.46. The second-order valence-electron chi connectivity index (χ2n) is 5.29. The van der Waals surface area contributed by atoms with Gasteiger partial charge in [0.25, 0.3) is 0 Å². The average molecular weight is 197 g/mol. The van der Waals surface area contributed by atoms with Crippen LogP contribution in [0.2, 0.25) is 0 Å². The molecule has 1 saturated carbocycles. The summed E-state index contributed by atoms with van der Waals surface area (Å²) in [4.78, 5) is 0. The first kappa shape index (κ1) is 10.4. The molecule has 1 atom stereocenters. The van der Waals surface area contributed by atoms with Crippen molar-refractivity contribution in [2.24, 2.45) is 5.41 Å². The molecule has 1 unspecified atom stereocenters. The van der Waals surface area contributed by atoms with Gasteiger partial charge in [-0.25, -0.2) is 0 Å².